The molecule has 0 aliphatic rings. The lowest BCUT2D eigenvalue weighted by atomic mass is 10.1. The quantitative estimate of drug-likeness (QED) is 0.626. The second kappa shape index (κ2) is 5.07. The smallest absolute Gasteiger partial charge is 0.265 e. The van der Waals surface area contributed by atoms with Gasteiger partial charge in [0.15, 0.2) is 5.82 Å². The van der Waals surface area contributed by atoms with Gasteiger partial charge in [-0.1, -0.05) is 30.3 Å². The van der Waals surface area contributed by atoms with Gasteiger partial charge in [0.1, 0.15) is 6.26 Å². The zero-order valence-electron chi connectivity index (χ0n) is 8.92. The van der Waals surface area contributed by atoms with Crippen LogP contribution in [-0.4, -0.2) is 17.2 Å². The number of oxazole rings is 1. The Morgan fingerprint density at radius 1 is 1.35 bits per heavy atom. The molecule has 1 amide bonds. The average Bonchev–Trinajstić information content (AvgIpc) is 2.79. The first-order chi connectivity index (χ1) is 8.29. The summed E-state index contributed by atoms with van der Waals surface area (Å²) in [5.41, 5.74) is 0.889. The number of anilines is 1. The van der Waals surface area contributed by atoms with Crippen molar-refractivity contribution in [1.29, 1.82) is 0 Å². The van der Waals surface area contributed by atoms with Crippen LogP contribution >= 0.6 is 0 Å². The molecule has 0 saturated heterocycles. The maximum Gasteiger partial charge on any atom is 0.265 e. The molecule has 0 saturated carbocycles. The van der Waals surface area contributed by atoms with Crippen LogP contribution in [0.3, 0.4) is 0 Å². The molecule has 2 rings (SSSR count). The number of nitrogens with one attached hydrogen (secondary N) is 1. The molecular weight excluding hydrogens is 220 g/mol. The van der Waals surface area contributed by atoms with Crippen LogP contribution in [0.5, 0.6) is 0 Å². The fourth-order valence-corrected chi connectivity index (χ4v) is 1.39. The number of amides is 1. The van der Waals surface area contributed by atoms with E-state index in [-0.39, 0.29) is 23.9 Å². The lowest BCUT2D eigenvalue weighted by Gasteiger charge is -1.96. The van der Waals surface area contributed by atoms with E-state index in [1.54, 1.807) is 0 Å². The monoisotopic (exact) mass is 230 g/mol. The zero-order valence-corrected chi connectivity index (χ0v) is 8.92. The lowest BCUT2D eigenvalue weighted by molar-refractivity contribution is -0.105. The lowest BCUT2D eigenvalue weighted by Crippen LogP contribution is -2.04. The molecule has 5 heteroatoms. The van der Waals surface area contributed by atoms with Crippen molar-refractivity contribution in [2.75, 3.05) is 5.32 Å². The van der Waals surface area contributed by atoms with E-state index >= 15 is 0 Å². The molecule has 1 heterocycles. The number of carbonyl (C=O) groups excluding carboxylic acids is 2. The van der Waals surface area contributed by atoms with Crippen molar-refractivity contribution in [1.82, 2.24) is 4.98 Å². The molecule has 2 aromatic rings. The van der Waals surface area contributed by atoms with Gasteiger partial charge in [0.2, 0.25) is 12.2 Å². The molecule has 17 heavy (non-hydrogen) atoms. The van der Waals surface area contributed by atoms with Gasteiger partial charge in [-0.15, -0.1) is 0 Å². The van der Waals surface area contributed by atoms with Gasteiger partial charge in [-0.05, 0) is 5.56 Å². The Balaban J connectivity index is 2.07. The molecule has 1 N–H and O–H groups in total. The molecule has 0 fully saturated rings. The number of carbonyl (C=O) groups is 2. The minimum absolute atomic E-state index is 0.00166. The Morgan fingerprint density at radius 2 is 2.12 bits per heavy atom. The first-order valence-corrected chi connectivity index (χ1v) is 5.02. The average molecular weight is 230 g/mol. The van der Waals surface area contributed by atoms with Gasteiger partial charge < -0.3 is 9.73 Å². The van der Waals surface area contributed by atoms with Gasteiger partial charge in [0, 0.05) is 6.42 Å². The summed E-state index contributed by atoms with van der Waals surface area (Å²) in [6.07, 6.45) is 1.93. The maximum atomic E-state index is 11.8. The zero-order chi connectivity index (χ0) is 12.1. The molecule has 0 atom stereocenters. The van der Waals surface area contributed by atoms with E-state index in [1.165, 1.54) is 6.26 Å². The topological polar surface area (TPSA) is 72.2 Å². The van der Waals surface area contributed by atoms with Crippen LogP contribution in [0.2, 0.25) is 0 Å². The van der Waals surface area contributed by atoms with Crippen molar-refractivity contribution in [3.63, 3.8) is 0 Å². The summed E-state index contributed by atoms with van der Waals surface area (Å²) in [4.78, 5) is 25.8. The van der Waals surface area contributed by atoms with Crippen molar-refractivity contribution < 1.29 is 14.0 Å². The predicted octanol–water partition coefficient (Wildman–Crippen LogP) is 1.67. The standard InChI is InChI=1S/C12H10N2O3/c15-8-13-11-7-17-12(14-11)10(16)6-9-4-2-1-3-5-9/h1-5,7-8H,6H2,(H,13,15). The number of nitrogens with zero attached hydrogens (tertiary/aromatic N) is 1. The summed E-state index contributed by atoms with van der Waals surface area (Å²) in [6, 6.07) is 9.30. The van der Waals surface area contributed by atoms with Crippen molar-refractivity contribution in [3.8, 4) is 0 Å². The van der Waals surface area contributed by atoms with Crippen LogP contribution in [0, 0.1) is 0 Å². The first-order valence-electron chi connectivity index (χ1n) is 5.02. The number of hydrogen-bond donors (Lipinski definition) is 1. The maximum absolute atomic E-state index is 11.8. The van der Waals surface area contributed by atoms with Crippen molar-refractivity contribution in [2.45, 2.75) is 6.42 Å². The third-order valence-corrected chi connectivity index (χ3v) is 2.16. The summed E-state index contributed by atoms with van der Waals surface area (Å²) in [6.45, 7) is 0. The number of aromatic nitrogens is 1. The minimum Gasteiger partial charge on any atom is -0.440 e. The third kappa shape index (κ3) is 2.78. The number of Topliss-reactive ketones (excluding diaryl/α,β-unsaturated/α-hetero) is 1. The molecule has 0 aliphatic heterocycles. The molecule has 0 bridgehead atoms. The van der Waals surface area contributed by atoms with Crippen LogP contribution in [0.1, 0.15) is 16.2 Å². The van der Waals surface area contributed by atoms with E-state index in [0.29, 0.717) is 6.41 Å². The highest BCUT2D eigenvalue weighted by atomic mass is 16.3. The summed E-state index contributed by atoms with van der Waals surface area (Å²) in [7, 11) is 0. The van der Waals surface area contributed by atoms with Crippen LogP contribution in [0.4, 0.5) is 5.82 Å². The van der Waals surface area contributed by atoms with Crippen LogP contribution in [0.25, 0.3) is 0 Å². The second-order valence-corrected chi connectivity index (χ2v) is 3.39. The Morgan fingerprint density at radius 3 is 2.82 bits per heavy atom. The molecule has 1 aromatic heterocycles. The minimum atomic E-state index is -0.227. The van der Waals surface area contributed by atoms with E-state index in [0.717, 1.165) is 5.56 Å². The van der Waals surface area contributed by atoms with Gasteiger partial charge in [0.05, 0.1) is 0 Å². The molecule has 86 valence electrons. The van der Waals surface area contributed by atoms with E-state index in [1.807, 2.05) is 30.3 Å². The molecule has 0 spiro atoms. The number of benzene rings is 1. The van der Waals surface area contributed by atoms with Gasteiger partial charge in [-0.2, -0.15) is 4.98 Å². The summed E-state index contributed by atoms with van der Waals surface area (Å²) in [5, 5.41) is 2.31. The third-order valence-electron chi connectivity index (χ3n) is 2.16. The van der Waals surface area contributed by atoms with Crippen LogP contribution in [-0.2, 0) is 11.2 Å². The Labute approximate surface area is 97.5 Å². The van der Waals surface area contributed by atoms with Crippen molar-refractivity contribution in [2.24, 2.45) is 0 Å². The molecular formula is C12H10N2O3. The summed E-state index contributed by atoms with van der Waals surface area (Å²) < 4.78 is 4.97. The fourth-order valence-electron chi connectivity index (χ4n) is 1.39. The van der Waals surface area contributed by atoms with E-state index in [2.05, 4.69) is 10.3 Å². The fraction of sp³-hybridized carbons (Fsp3) is 0.0833. The highest BCUT2D eigenvalue weighted by Gasteiger charge is 2.13. The Hall–Kier alpha value is -2.43. The number of ketones is 1. The highest BCUT2D eigenvalue weighted by Crippen LogP contribution is 2.10. The predicted molar refractivity (Wildman–Crippen MR) is 60.7 cm³/mol. The Kier molecular flexibility index (Phi) is 3.30. The number of rotatable bonds is 5. The molecule has 5 nitrogen and oxygen atoms in total. The van der Waals surface area contributed by atoms with Gasteiger partial charge >= 0.3 is 0 Å². The van der Waals surface area contributed by atoms with Gasteiger partial charge in [-0.3, -0.25) is 9.59 Å². The number of hydrogen-bond acceptors (Lipinski definition) is 4. The van der Waals surface area contributed by atoms with Crippen molar-refractivity contribution in [3.05, 3.63) is 48.0 Å². The van der Waals surface area contributed by atoms with Crippen LogP contribution in [0.15, 0.2) is 41.0 Å². The molecule has 0 aliphatic carbocycles. The van der Waals surface area contributed by atoms with Crippen molar-refractivity contribution >= 4 is 18.0 Å². The molecule has 0 unspecified atom stereocenters. The molecule has 0 radical (unpaired) electrons. The van der Waals surface area contributed by atoms with Gasteiger partial charge in [-0.25, -0.2) is 0 Å². The SMILES string of the molecule is O=CNc1coc(C(=O)Cc2ccccc2)n1. The molecule has 1 aromatic carbocycles. The van der Waals surface area contributed by atoms with Crippen LogP contribution < -0.4 is 5.32 Å². The van der Waals surface area contributed by atoms with Gasteiger partial charge in [0.25, 0.3) is 5.89 Å². The van der Waals surface area contributed by atoms with E-state index in [4.69, 9.17) is 4.42 Å². The first kappa shape index (κ1) is 11.1. The Bertz CT molecular complexity index is 520. The highest BCUT2D eigenvalue weighted by molar-refractivity contribution is 5.93. The van der Waals surface area contributed by atoms with E-state index in [9.17, 15) is 9.59 Å². The normalized spacial score (nSPS) is 9.88. The summed E-state index contributed by atoms with van der Waals surface area (Å²) in [5.74, 6) is 0.00441. The van der Waals surface area contributed by atoms with E-state index < -0.39 is 0 Å². The largest absolute Gasteiger partial charge is 0.440 e. The summed E-state index contributed by atoms with van der Waals surface area (Å²) >= 11 is 0. The second-order valence-electron chi connectivity index (χ2n) is 3.39.